The minimum Gasteiger partial charge on any atom is -0.283 e. The van der Waals surface area contributed by atoms with Crippen molar-refractivity contribution in [2.45, 2.75) is 50.0 Å². The monoisotopic (exact) mass is 364 g/mol. The van der Waals surface area contributed by atoms with Gasteiger partial charge in [-0.1, -0.05) is 32.9 Å². The van der Waals surface area contributed by atoms with Crippen molar-refractivity contribution in [1.29, 1.82) is 0 Å². The van der Waals surface area contributed by atoms with Gasteiger partial charge >= 0.3 is 0 Å². The topological polar surface area (TPSA) is 91.8 Å². The van der Waals surface area contributed by atoms with E-state index in [2.05, 4.69) is 0 Å². The Balaban J connectivity index is 2.41. The van der Waals surface area contributed by atoms with Crippen molar-refractivity contribution in [3.8, 4) is 0 Å². The van der Waals surface area contributed by atoms with Gasteiger partial charge in [0.05, 0.1) is 11.3 Å². The molecule has 134 valence electrons. The fourth-order valence-corrected chi connectivity index (χ4v) is 5.50. The molecular formula is C17H20N2O5S. The summed E-state index contributed by atoms with van der Waals surface area (Å²) in [5.41, 5.74) is -1.08. The predicted molar refractivity (Wildman–Crippen MR) is 88.9 cm³/mol. The SMILES string of the molecule is CC(=O)N1C2(CC(=O)N(C)C2=O)c2cc(C(C)(C)C)ccc2S1(=O)=O. The zero-order chi connectivity index (χ0) is 18.9. The number of hydrogen-bond acceptors (Lipinski definition) is 5. The number of fused-ring (bicyclic) bond motifs is 2. The predicted octanol–water partition coefficient (Wildman–Crippen LogP) is 1.12. The number of benzene rings is 1. The average Bonchev–Trinajstić information content (AvgIpc) is 2.82. The number of sulfonamides is 1. The summed E-state index contributed by atoms with van der Waals surface area (Å²) in [7, 11) is -2.89. The number of likely N-dealkylation sites (N-methyl/N-ethyl adjacent to an activating group) is 1. The Kier molecular flexibility index (Phi) is 3.45. The molecule has 1 spiro atoms. The second kappa shape index (κ2) is 4.91. The summed E-state index contributed by atoms with van der Waals surface area (Å²) in [5, 5.41) is 0. The molecule has 2 heterocycles. The second-order valence-electron chi connectivity index (χ2n) is 7.54. The molecule has 0 radical (unpaired) electrons. The van der Waals surface area contributed by atoms with E-state index in [9.17, 15) is 22.8 Å². The van der Waals surface area contributed by atoms with Gasteiger partial charge in [0, 0.05) is 19.5 Å². The first-order valence-electron chi connectivity index (χ1n) is 7.87. The van der Waals surface area contributed by atoms with Gasteiger partial charge in [-0.25, -0.2) is 12.7 Å². The van der Waals surface area contributed by atoms with Gasteiger partial charge in [-0.3, -0.25) is 19.3 Å². The van der Waals surface area contributed by atoms with Gasteiger partial charge in [0.15, 0.2) is 5.54 Å². The zero-order valence-electron chi connectivity index (χ0n) is 14.8. The highest BCUT2D eigenvalue weighted by molar-refractivity contribution is 7.90. The van der Waals surface area contributed by atoms with E-state index in [1.54, 1.807) is 12.1 Å². The molecule has 1 saturated heterocycles. The quantitative estimate of drug-likeness (QED) is 0.643. The summed E-state index contributed by atoms with van der Waals surface area (Å²) in [5.74, 6) is -1.99. The number of rotatable bonds is 0. The molecule has 1 aromatic carbocycles. The minimum atomic E-state index is -4.20. The van der Waals surface area contributed by atoms with Crippen molar-refractivity contribution < 1.29 is 22.8 Å². The molecule has 2 aliphatic rings. The summed E-state index contributed by atoms with van der Waals surface area (Å²) in [6, 6.07) is 4.74. The fourth-order valence-electron chi connectivity index (χ4n) is 3.57. The number of likely N-dealkylation sites (tertiary alicyclic amines) is 1. The van der Waals surface area contributed by atoms with Crippen LogP contribution in [0.2, 0.25) is 0 Å². The van der Waals surface area contributed by atoms with Gasteiger partial charge in [-0.15, -0.1) is 0 Å². The van der Waals surface area contributed by atoms with Crippen molar-refractivity contribution in [1.82, 2.24) is 9.21 Å². The third-order valence-electron chi connectivity index (χ3n) is 4.88. The number of carbonyl (C=O) groups is 3. The number of hydrogen-bond donors (Lipinski definition) is 0. The molecule has 2 aliphatic heterocycles. The van der Waals surface area contributed by atoms with Crippen LogP contribution in [0.1, 0.15) is 45.2 Å². The third kappa shape index (κ3) is 2.09. The standard InChI is InChI=1S/C17H20N2O5S/c1-10(20)19-17(9-14(21)18(5)15(17)22)12-8-11(16(2,3)4)6-7-13(12)25(19,23)24/h6-8H,9H2,1-5H3. The van der Waals surface area contributed by atoms with Gasteiger partial charge in [0.25, 0.3) is 15.9 Å². The van der Waals surface area contributed by atoms with Crippen molar-refractivity contribution in [2.75, 3.05) is 7.05 Å². The van der Waals surface area contributed by atoms with Crippen molar-refractivity contribution >= 4 is 27.7 Å². The molecular weight excluding hydrogens is 344 g/mol. The molecule has 0 N–H and O–H groups in total. The first-order chi connectivity index (χ1) is 11.3. The van der Waals surface area contributed by atoms with E-state index in [4.69, 9.17) is 0 Å². The second-order valence-corrected chi connectivity index (χ2v) is 9.30. The molecule has 1 atom stereocenters. The Bertz CT molecular complexity index is 929. The summed E-state index contributed by atoms with van der Waals surface area (Å²) >= 11 is 0. The van der Waals surface area contributed by atoms with Crippen LogP contribution in [0.25, 0.3) is 0 Å². The highest BCUT2D eigenvalue weighted by Crippen LogP contribution is 2.51. The van der Waals surface area contributed by atoms with Gasteiger partial charge < -0.3 is 0 Å². The Hall–Kier alpha value is -2.22. The summed E-state index contributed by atoms with van der Waals surface area (Å²) in [4.78, 5) is 38.1. The van der Waals surface area contributed by atoms with Crippen LogP contribution in [0.3, 0.4) is 0 Å². The Labute approximate surface area is 146 Å². The minimum absolute atomic E-state index is 0.0906. The van der Waals surface area contributed by atoms with Crippen molar-refractivity contribution in [3.05, 3.63) is 29.3 Å². The molecule has 0 aliphatic carbocycles. The van der Waals surface area contributed by atoms with E-state index in [0.717, 1.165) is 17.4 Å². The van der Waals surface area contributed by atoms with Gasteiger partial charge in [0.1, 0.15) is 0 Å². The lowest BCUT2D eigenvalue weighted by atomic mass is 9.81. The molecule has 25 heavy (non-hydrogen) atoms. The first kappa shape index (κ1) is 17.6. The highest BCUT2D eigenvalue weighted by Gasteiger charge is 2.65. The van der Waals surface area contributed by atoms with E-state index in [0.29, 0.717) is 4.31 Å². The smallest absolute Gasteiger partial charge is 0.268 e. The van der Waals surface area contributed by atoms with E-state index in [1.165, 1.54) is 13.1 Å². The van der Waals surface area contributed by atoms with Crippen LogP contribution >= 0.6 is 0 Å². The third-order valence-corrected chi connectivity index (χ3v) is 6.84. The molecule has 7 nitrogen and oxygen atoms in total. The Morgan fingerprint density at radius 3 is 2.24 bits per heavy atom. The largest absolute Gasteiger partial charge is 0.283 e. The highest BCUT2D eigenvalue weighted by atomic mass is 32.2. The number of nitrogens with zero attached hydrogens (tertiary/aromatic N) is 2. The van der Waals surface area contributed by atoms with Crippen LogP contribution in [0.4, 0.5) is 0 Å². The van der Waals surface area contributed by atoms with E-state index < -0.39 is 33.3 Å². The molecule has 3 rings (SSSR count). The molecule has 1 unspecified atom stereocenters. The van der Waals surface area contributed by atoms with Gasteiger partial charge in [-0.2, -0.15) is 0 Å². The van der Waals surface area contributed by atoms with Gasteiger partial charge in [0.2, 0.25) is 11.8 Å². The van der Waals surface area contributed by atoms with Crippen LogP contribution in [-0.4, -0.2) is 42.4 Å². The maximum Gasteiger partial charge on any atom is 0.268 e. The fraction of sp³-hybridized carbons (Fsp3) is 0.471. The maximum atomic E-state index is 12.9. The van der Waals surface area contributed by atoms with Crippen LogP contribution < -0.4 is 0 Å². The molecule has 1 aromatic rings. The number of imide groups is 1. The Morgan fingerprint density at radius 2 is 1.80 bits per heavy atom. The summed E-state index contributed by atoms with van der Waals surface area (Å²) in [6.45, 7) is 6.97. The van der Waals surface area contributed by atoms with Gasteiger partial charge in [-0.05, 0) is 17.0 Å². The molecule has 8 heteroatoms. The summed E-state index contributed by atoms with van der Waals surface area (Å²) in [6.07, 6.45) is -0.373. The zero-order valence-corrected chi connectivity index (χ0v) is 15.6. The molecule has 0 aromatic heterocycles. The van der Waals surface area contributed by atoms with E-state index in [-0.39, 0.29) is 22.3 Å². The van der Waals surface area contributed by atoms with Crippen LogP contribution in [0, 0.1) is 0 Å². The van der Waals surface area contributed by atoms with E-state index in [1.807, 2.05) is 20.8 Å². The lowest BCUT2D eigenvalue weighted by Gasteiger charge is -2.30. The van der Waals surface area contributed by atoms with Crippen LogP contribution in [-0.2, 0) is 35.4 Å². The molecule has 3 amide bonds. The molecule has 0 bridgehead atoms. The number of carbonyl (C=O) groups excluding carboxylic acids is 3. The van der Waals surface area contributed by atoms with Crippen molar-refractivity contribution in [2.24, 2.45) is 0 Å². The lowest BCUT2D eigenvalue weighted by Crippen LogP contribution is -2.51. The Morgan fingerprint density at radius 1 is 1.20 bits per heavy atom. The van der Waals surface area contributed by atoms with E-state index >= 15 is 0 Å². The van der Waals surface area contributed by atoms with Crippen LogP contribution in [0.5, 0.6) is 0 Å². The average molecular weight is 364 g/mol. The molecule has 0 saturated carbocycles. The first-order valence-corrected chi connectivity index (χ1v) is 9.31. The van der Waals surface area contributed by atoms with Crippen LogP contribution in [0.15, 0.2) is 23.1 Å². The summed E-state index contributed by atoms with van der Waals surface area (Å²) < 4.78 is 26.4. The molecule has 1 fully saturated rings. The lowest BCUT2D eigenvalue weighted by molar-refractivity contribution is -0.143. The van der Waals surface area contributed by atoms with Crippen molar-refractivity contribution in [3.63, 3.8) is 0 Å². The normalized spacial score (nSPS) is 25.0. The number of amides is 3. The maximum absolute atomic E-state index is 12.9.